The van der Waals surface area contributed by atoms with Crippen LogP contribution in [0.3, 0.4) is 0 Å². The number of unbranched alkanes of at least 4 members (excludes halogenated alkanes) is 38. The lowest BCUT2D eigenvalue weighted by atomic mass is 10.0. The van der Waals surface area contributed by atoms with E-state index in [1.807, 2.05) is 21.1 Å². The van der Waals surface area contributed by atoms with Crippen LogP contribution in [0.5, 0.6) is 0 Å². The molecule has 0 saturated carbocycles. The lowest BCUT2D eigenvalue weighted by Gasteiger charge is -2.26. The summed E-state index contributed by atoms with van der Waals surface area (Å²) in [4.78, 5) is 37.5. The molecule has 0 bridgehead atoms. The van der Waals surface area contributed by atoms with E-state index in [-0.39, 0.29) is 32.2 Å². The molecule has 0 aliphatic rings. The molecule has 0 aromatic rings. The van der Waals surface area contributed by atoms with Crippen LogP contribution in [0.25, 0.3) is 0 Å². The molecule has 0 aromatic carbocycles. The highest BCUT2D eigenvalue weighted by atomic mass is 16.7. The largest absolute Gasteiger partial charge is 0.545 e. The molecule has 0 fully saturated rings. The molecule has 482 valence electrons. The summed E-state index contributed by atoms with van der Waals surface area (Å²) >= 11 is 0. The highest BCUT2D eigenvalue weighted by Gasteiger charge is 2.22. The van der Waals surface area contributed by atoms with Gasteiger partial charge in [0, 0.05) is 12.8 Å². The van der Waals surface area contributed by atoms with Crippen molar-refractivity contribution in [1.82, 2.24) is 0 Å². The minimum absolute atomic E-state index is 0.147. The number of nitrogens with zero attached hydrogens (tertiary/aromatic N) is 1. The van der Waals surface area contributed by atoms with Crippen molar-refractivity contribution in [3.8, 4) is 0 Å². The Morgan fingerprint density at radius 1 is 0.373 bits per heavy atom. The molecule has 0 aliphatic heterocycles. The zero-order chi connectivity index (χ0) is 60.5. The molecule has 0 amide bonds. The minimum atomic E-state index is -1.62. The summed E-state index contributed by atoms with van der Waals surface area (Å²) in [6, 6.07) is 0. The Morgan fingerprint density at radius 3 is 1.02 bits per heavy atom. The van der Waals surface area contributed by atoms with Gasteiger partial charge in [-0.25, -0.2) is 0 Å². The fraction of sp³-hybridized carbons (Fsp3) is 0.797. The van der Waals surface area contributed by atoms with Crippen molar-refractivity contribution in [3.05, 3.63) is 72.9 Å². The summed E-state index contributed by atoms with van der Waals surface area (Å²) in [7, 11) is 5.94. The maximum Gasteiger partial charge on any atom is 0.306 e. The first-order valence-electron chi connectivity index (χ1n) is 35.1. The average molecular weight is 1160 g/mol. The summed E-state index contributed by atoms with van der Waals surface area (Å²) in [5.41, 5.74) is 0. The van der Waals surface area contributed by atoms with Crippen LogP contribution in [0, 0.1) is 0 Å². The van der Waals surface area contributed by atoms with Crippen molar-refractivity contribution in [2.24, 2.45) is 0 Å². The Labute approximate surface area is 513 Å². The molecule has 0 heterocycles. The normalized spacial score (nSPS) is 13.1. The molecule has 0 saturated heterocycles. The Hall–Kier alpha value is -3.27. The minimum Gasteiger partial charge on any atom is -0.545 e. The van der Waals surface area contributed by atoms with Crippen molar-refractivity contribution in [2.45, 2.75) is 334 Å². The lowest BCUT2D eigenvalue weighted by molar-refractivity contribution is -0.870. The average Bonchev–Trinajstić information content (AvgIpc) is 3.46. The van der Waals surface area contributed by atoms with Gasteiger partial charge in [0.2, 0.25) is 0 Å². The van der Waals surface area contributed by atoms with Gasteiger partial charge in [0.15, 0.2) is 12.4 Å². The number of allylic oxidation sites excluding steroid dienone is 12. The topological polar surface area (TPSA) is 111 Å². The van der Waals surface area contributed by atoms with E-state index in [4.69, 9.17) is 18.9 Å². The van der Waals surface area contributed by atoms with Gasteiger partial charge < -0.3 is 33.3 Å². The molecule has 0 aromatic heterocycles. The number of carboxylic acids is 1. The number of hydrogen-bond acceptors (Lipinski definition) is 8. The molecule has 0 N–H and O–H groups in total. The zero-order valence-electron chi connectivity index (χ0n) is 55.1. The highest BCUT2D eigenvalue weighted by Crippen LogP contribution is 2.18. The van der Waals surface area contributed by atoms with Crippen molar-refractivity contribution in [1.29, 1.82) is 0 Å². The van der Waals surface area contributed by atoms with Crippen molar-refractivity contribution < 1.29 is 42.9 Å². The Morgan fingerprint density at radius 2 is 0.687 bits per heavy atom. The van der Waals surface area contributed by atoms with Crippen LogP contribution in [0.15, 0.2) is 72.9 Å². The second kappa shape index (κ2) is 64.7. The summed E-state index contributed by atoms with van der Waals surface area (Å²) in [5.74, 6) is -2.27. The third kappa shape index (κ3) is 66.1. The number of aliphatic carboxylic acids is 1. The van der Waals surface area contributed by atoms with E-state index in [9.17, 15) is 19.5 Å². The van der Waals surface area contributed by atoms with Gasteiger partial charge in [0.1, 0.15) is 13.2 Å². The van der Waals surface area contributed by atoms with E-state index in [1.54, 1.807) is 0 Å². The molecule has 83 heavy (non-hydrogen) atoms. The number of carbonyl (C=O) groups excluding carboxylic acids is 3. The van der Waals surface area contributed by atoms with Crippen molar-refractivity contribution in [3.63, 3.8) is 0 Å². The number of likely N-dealkylation sites (N-methyl/N-ethyl adjacent to an activating group) is 1. The SMILES string of the molecule is CC/C=C\C/C=C\C/C=C\C/C=C\CCCCCCCCCCCCCCCCC(=O)OC(COC(=O)CCCCCCCCCCCCCCCCCCCCC/C=C\C/C=C\CCCCCCC)COC(OCC[N+](C)(C)C)C(=O)[O-]. The summed E-state index contributed by atoms with van der Waals surface area (Å²) in [5, 5.41) is 11.8. The third-order valence-corrected chi connectivity index (χ3v) is 15.4. The van der Waals surface area contributed by atoms with Gasteiger partial charge in [-0.05, 0) is 83.5 Å². The first-order chi connectivity index (χ1) is 40.6. The quantitative estimate of drug-likeness (QED) is 0.0195. The number of quaternary nitrogens is 1. The van der Waals surface area contributed by atoms with Gasteiger partial charge in [-0.3, -0.25) is 9.59 Å². The number of esters is 2. The molecule has 0 rings (SSSR count). The van der Waals surface area contributed by atoms with E-state index in [2.05, 4.69) is 86.8 Å². The number of carbonyl (C=O) groups is 3. The monoisotopic (exact) mass is 1160 g/mol. The number of hydrogen-bond donors (Lipinski definition) is 0. The molecule has 0 radical (unpaired) electrons. The molecule has 9 nitrogen and oxygen atoms in total. The summed E-state index contributed by atoms with van der Waals surface area (Å²) < 4.78 is 22.8. The Bertz CT molecular complexity index is 1590. The molecular weight excluding hydrogens is 1030 g/mol. The van der Waals surface area contributed by atoms with E-state index in [0.717, 1.165) is 70.6 Å². The Balaban J connectivity index is 4.08. The molecule has 9 heteroatoms. The van der Waals surface area contributed by atoms with E-state index in [1.165, 1.54) is 218 Å². The molecule has 2 atom stereocenters. The maximum absolute atomic E-state index is 12.9. The first-order valence-corrected chi connectivity index (χ1v) is 35.1. The van der Waals surface area contributed by atoms with Crippen LogP contribution < -0.4 is 5.11 Å². The van der Waals surface area contributed by atoms with Gasteiger partial charge in [0.05, 0.1) is 40.3 Å². The number of carboxylic acid groups (broad SMARTS) is 1. The van der Waals surface area contributed by atoms with Gasteiger partial charge in [-0.2, -0.15) is 0 Å². The van der Waals surface area contributed by atoms with E-state index < -0.39 is 24.3 Å². The zero-order valence-corrected chi connectivity index (χ0v) is 55.1. The molecule has 0 aliphatic carbocycles. The number of rotatable bonds is 65. The maximum atomic E-state index is 12.9. The fourth-order valence-corrected chi connectivity index (χ4v) is 10.1. The molecule has 2 unspecified atom stereocenters. The fourth-order valence-electron chi connectivity index (χ4n) is 10.1. The highest BCUT2D eigenvalue weighted by molar-refractivity contribution is 5.70. The third-order valence-electron chi connectivity index (χ3n) is 15.4. The van der Waals surface area contributed by atoms with E-state index >= 15 is 0 Å². The first kappa shape index (κ1) is 79.7. The van der Waals surface area contributed by atoms with Crippen LogP contribution in [0.4, 0.5) is 0 Å². The van der Waals surface area contributed by atoms with Gasteiger partial charge in [0.25, 0.3) is 0 Å². The standard InChI is InChI=1S/C74H133NO8/c1-6-8-10-12-14-16-18-20-22-24-26-28-30-32-34-35-36-37-39-40-42-44-46-48-50-52-54-56-58-60-62-64-71(76)81-68-70(69-82-74(73(78)79)80-67-66-75(3,4)5)83-72(77)65-63-61-59-57-55-53-51-49-47-45-43-41-38-33-31-29-27-25-23-21-19-17-15-13-11-9-7-2/h9,11,15,17-18,20-21,23-24,26-27,29,70,74H,6-8,10,12-14,16,19,22,25,28,30-69H2,1-5H3/b11-9-,17-15-,20-18-,23-21-,26-24-,29-27-. The summed E-state index contributed by atoms with van der Waals surface area (Å²) in [6.07, 6.45) is 82.7. The lowest BCUT2D eigenvalue weighted by Crippen LogP contribution is -2.44. The second-order valence-electron chi connectivity index (χ2n) is 24.8. The van der Waals surface area contributed by atoms with Crippen LogP contribution >= 0.6 is 0 Å². The van der Waals surface area contributed by atoms with Gasteiger partial charge in [-0.15, -0.1) is 0 Å². The molecule has 0 spiro atoms. The summed E-state index contributed by atoms with van der Waals surface area (Å²) in [6.45, 7) is 4.67. The predicted octanol–water partition coefficient (Wildman–Crippen LogP) is 20.4. The number of ether oxygens (including phenoxy) is 4. The van der Waals surface area contributed by atoms with Gasteiger partial charge in [-0.1, -0.05) is 299 Å². The predicted molar refractivity (Wildman–Crippen MR) is 352 cm³/mol. The van der Waals surface area contributed by atoms with Crippen LogP contribution in [-0.4, -0.2) is 82.3 Å². The van der Waals surface area contributed by atoms with Crippen LogP contribution in [0.2, 0.25) is 0 Å². The van der Waals surface area contributed by atoms with Crippen molar-refractivity contribution >= 4 is 17.9 Å². The van der Waals surface area contributed by atoms with Crippen LogP contribution in [-0.2, 0) is 33.3 Å². The second-order valence-corrected chi connectivity index (χ2v) is 24.8. The smallest absolute Gasteiger partial charge is 0.306 e. The van der Waals surface area contributed by atoms with Gasteiger partial charge >= 0.3 is 11.9 Å². The van der Waals surface area contributed by atoms with Crippen LogP contribution in [0.1, 0.15) is 322 Å². The Kier molecular flexibility index (Phi) is 62.2. The van der Waals surface area contributed by atoms with E-state index in [0.29, 0.717) is 23.9 Å². The van der Waals surface area contributed by atoms with Crippen molar-refractivity contribution in [2.75, 3.05) is 47.5 Å². The molecular formula is C74H133NO8.